The Hall–Kier alpha value is -2.15. The minimum absolute atomic E-state index is 0.178. The molecule has 0 fully saturated rings. The van der Waals surface area contributed by atoms with E-state index >= 15 is 0 Å². The Morgan fingerprint density at radius 3 is 2.86 bits per heavy atom. The monoisotopic (exact) mass is 189 g/mol. The third kappa shape index (κ3) is 2.17. The van der Waals surface area contributed by atoms with Gasteiger partial charge in [0.25, 0.3) is 0 Å². The molecule has 0 amide bonds. The molecule has 0 radical (unpaired) electrons. The third-order valence-electron chi connectivity index (χ3n) is 1.58. The van der Waals surface area contributed by atoms with E-state index < -0.39 is 5.97 Å². The van der Waals surface area contributed by atoms with E-state index in [1.807, 2.05) is 0 Å². The van der Waals surface area contributed by atoms with Crippen molar-refractivity contribution in [2.24, 2.45) is 0 Å². The van der Waals surface area contributed by atoms with Crippen LogP contribution in [0.2, 0.25) is 0 Å². The van der Waals surface area contributed by atoms with Gasteiger partial charge in [-0.1, -0.05) is 18.2 Å². The maximum atomic E-state index is 11.3. The second-order valence-corrected chi connectivity index (χ2v) is 2.44. The first-order valence-electron chi connectivity index (χ1n) is 3.88. The Labute approximate surface area is 80.7 Å². The van der Waals surface area contributed by atoms with Crippen molar-refractivity contribution in [2.75, 3.05) is 6.61 Å². The molecule has 0 aliphatic heterocycles. The second-order valence-electron chi connectivity index (χ2n) is 2.44. The van der Waals surface area contributed by atoms with Crippen LogP contribution in [0, 0.1) is 11.3 Å². The molecular weight excluding hydrogens is 182 g/mol. The molecule has 0 bridgehead atoms. The molecule has 0 aliphatic rings. The van der Waals surface area contributed by atoms with Crippen LogP contribution in [0.4, 0.5) is 0 Å². The summed E-state index contributed by atoms with van der Waals surface area (Å²) in [6.07, 6.45) is 0.572. The van der Waals surface area contributed by atoms with Gasteiger partial charge in [0.15, 0.2) is 12.9 Å². The molecule has 0 saturated carbocycles. The molecule has 0 unspecified atom stereocenters. The molecule has 1 rings (SSSR count). The molecule has 14 heavy (non-hydrogen) atoms. The number of carbonyl (C=O) groups is 2. The fourth-order valence-electron chi connectivity index (χ4n) is 0.961. The van der Waals surface area contributed by atoms with Crippen molar-refractivity contribution in [3.8, 4) is 6.07 Å². The number of nitrogens with zero attached hydrogens (tertiary/aromatic N) is 1. The normalized spacial score (nSPS) is 8.79. The lowest BCUT2D eigenvalue weighted by Crippen LogP contribution is -2.08. The zero-order valence-electron chi connectivity index (χ0n) is 7.27. The van der Waals surface area contributed by atoms with E-state index in [2.05, 4.69) is 4.74 Å². The van der Waals surface area contributed by atoms with Crippen molar-refractivity contribution in [3.05, 3.63) is 35.4 Å². The summed E-state index contributed by atoms with van der Waals surface area (Å²) in [5.74, 6) is -0.658. The van der Waals surface area contributed by atoms with E-state index in [-0.39, 0.29) is 17.7 Å². The second kappa shape index (κ2) is 4.77. The van der Waals surface area contributed by atoms with Crippen molar-refractivity contribution in [2.45, 2.75) is 0 Å². The van der Waals surface area contributed by atoms with Gasteiger partial charge in [0.05, 0.1) is 5.56 Å². The number of benzene rings is 1. The van der Waals surface area contributed by atoms with Gasteiger partial charge < -0.3 is 4.74 Å². The predicted molar refractivity (Wildman–Crippen MR) is 47.7 cm³/mol. The first kappa shape index (κ1) is 9.93. The maximum Gasteiger partial charge on any atom is 0.339 e. The smallest absolute Gasteiger partial charge is 0.339 e. The predicted octanol–water partition coefficient (Wildman–Crippen LogP) is 1.18. The molecule has 0 spiro atoms. The summed E-state index contributed by atoms with van der Waals surface area (Å²) in [4.78, 5) is 21.8. The zero-order valence-corrected chi connectivity index (χ0v) is 7.27. The number of hydrogen-bond donors (Lipinski definition) is 0. The third-order valence-corrected chi connectivity index (χ3v) is 1.58. The summed E-state index contributed by atoms with van der Waals surface area (Å²) < 4.78 is 4.56. The van der Waals surface area contributed by atoms with Crippen molar-refractivity contribution >= 4 is 12.3 Å². The van der Waals surface area contributed by atoms with Crippen molar-refractivity contribution in [1.82, 2.24) is 0 Å². The lowest BCUT2D eigenvalue weighted by atomic mass is 10.1. The van der Waals surface area contributed by atoms with E-state index in [4.69, 9.17) is 5.26 Å². The van der Waals surface area contributed by atoms with Gasteiger partial charge in [0, 0.05) is 5.56 Å². The van der Waals surface area contributed by atoms with Gasteiger partial charge >= 0.3 is 5.97 Å². The fraction of sp³-hybridized carbons (Fsp3) is 0.100. The topological polar surface area (TPSA) is 67.2 Å². The minimum Gasteiger partial charge on any atom is -0.447 e. The summed E-state index contributed by atoms with van der Waals surface area (Å²) in [7, 11) is 0. The average molecular weight is 189 g/mol. The van der Waals surface area contributed by atoms with E-state index in [9.17, 15) is 9.59 Å². The van der Waals surface area contributed by atoms with Crippen LogP contribution in [0.1, 0.15) is 20.7 Å². The van der Waals surface area contributed by atoms with E-state index in [0.29, 0.717) is 6.29 Å². The van der Waals surface area contributed by atoms with Gasteiger partial charge in [0.1, 0.15) is 6.07 Å². The molecule has 0 aromatic heterocycles. The Morgan fingerprint density at radius 1 is 1.50 bits per heavy atom. The number of ether oxygens (including phenoxy) is 1. The highest BCUT2D eigenvalue weighted by atomic mass is 16.5. The summed E-state index contributed by atoms with van der Waals surface area (Å²) in [6, 6.07) is 7.92. The molecule has 0 atom stereocenters. The highest BCUT2D eigenvalue weighted by Gasteiger charge is 2.10. The average Bonchev–Trinajstić information content (AvgIpc) is 2.25. The standard InChI is InChI=1S/C10H7NO3/c11-5-6-14-10(13)9-4-2-1-3-8(9)7-12/h1-4,7H,6H2. The zero-order chi connectivity index (χ0) is 10.4. The van der Waals surface area contributed by atoms with Gasteiger partial charge in [-0.3, -0.25) is 4.79 Å². The number of nitriles is 1. The SMILES string of the molecule is N#CCOC(=O)c1ccccc1C=O. The van der Waals surface area contributed by atoms with Gasteiger partial charge in [0.2, 0.25) is 0 Å². The number of carbonyl (C=O) groups excluding carboxylic acids is 2. The molecule has 4 heteroatoms. The highest BCUT2D eigenvalue weighted by Crippen LogP contribution is 2.07. The number of hydrogen-bond acceptors (Lipinski definition) is 4. The lowest BCUT2D eigenvalue weighted by molar-refractivity contribution is 0.0553. The Bertz CT molecular complexity index is 393. The van der Waals surface area contributed by atoms with Crippen LogP contribution in [0.15, 0.2) is 24.3 Å². The summed E-state index contributed by atoms with van der Waals surface area (Å²) in [5.41, 5.74) is 0.438. The van der Waals surface area contributed by atoms with Crippen molar-refractivity contribution < 1.29 is 14.3 Å². The molecule has 0 aliphatic carbocycles. The summed E-state index contributed by atoms with van der Waals surface area (Å²) in [5, 5.41) is 8.19. The first-order chi connectivity index (χ1) is 6.79. The van der Waals surface area contributed by atoms with Crippen LogP contribution in [-0.4, -0.2) is 18.9 Å². The van der Waals surface area contributed by atoms with Gasteiger partial charge in [-0.15, -0.1) is 0 Å². The highest BCUT2D eigenvalue weighted by molar-refractivity contribution is 5.98. The molecular formula is C10H7NO3. The Morgan fingerprint density at radius 2 is 2.21 bits per heavy atom. The maximum absolute atomic E-state index is 11.3. The van der Waals surface area contributed by atoms with Gasteiger partial charge in [-0.2, -0.15) is 5.26 Å². The largest absolute Gasteiger partial charge is 0.447 e. The molecule has 1 aromatic carbocycles. The van der Waals surface area contributed by atoms with Crippen LogP contribution in [0.25, 0.3) is 0 Å². The van der Waals surface area contributed by atoms with Gasteiger partial charge in [-0.05, 0) is 6.07 Å². The van der Waals surface area contributed by atoms with Crippen LogP contribution >= 0.6 is 0 Å². The van der Waals surface area contributed by atoms with E-state index in [1.165, 1.54) is 12.1 Å². The van der Waals surface area contributed by atoms with Crippen LogP contribution < -0.4 is 0 Å². The quantitative estimate of drug-likeness (QED) is 0.529. The van der Waals surface area contributed by atoms with Gasteiger partial charge in [-0.25, -0.2) is 4.79 Å². The Balaban J connectivity index is 2.89. The number of esters is 1. The molecule has 1 aromatic rings. The summed E-state index contributed by atoms with van der Waals surface area (Å²) in [6.45, 7) is -0.313. The lowest BCUT2D eigenvalue weighted by Gasteiger charge is -2.01. The number of aldehydes is 1. The van der Waals surface area contributed by atoms with Crippen LogP contribution in [0.3, 0.4) is 0 Å². The van der Waals surface area contributed by atoms with E-state index in [0.717, 1.165) is 0 Å². The summed E-state index contributed by atoms with van der Waals surface area (Å²) >= 11 is 0. The molecule has 0 N–H and O–H groups in total. The minimum atomic E-state index is -0.658. The molecule has 0 heterocycles. The van der Waals surface area contributed by atoms with Crippen molar-refractivity contribution in [1.29, 1.82) is 5.26 Å². The van der Waals surface area contributed by atoms with Crippen molar-refractivity contribution in [3.63, 3.8) is 0 Å². The van der Waals surface area contributed by atoms with Crippen LogP contribution in [-0.2, 0) is 4.74 Å². The fourth-order valence-corrected chi connectivity index (χ4v) is 0.961. The van der Waals surface area contributed by atoms with E-state index in [1.54, 1.807) is 18.2 Å². The molecule has 70 valence electrons. The first-order valence-corrected chi connectivity index (χ1v) is 3.88. The Kier molecular flexibility index (Phi) is 3.39. The number of rotatable bonds is 3. The van der Waals surface area contributed by atoms with Crippen LogP contribution in [0.5, 0.6) is 0 Å². The molecule has 0 saturated heterocycles. The molecule has 4 nitrogen and oxygen atoms in total.